The quantitative estimate of drug-likeness (QED) is 0.443. The van der Waals surface area contributed by atoms with Crippen molar-refractivity contribution in [2.45, 2.75) is 13.0 Å². The first-order valence-corrected chi connectivity index (χ1v) is 6.19. The number of hydrogen-bond donors (Lipinski definition) is 2. The molecule has 1 aromatic heterocycles. The van der Waals surface area contributed by atoms with Gasteiger partial charge in [-0.2, -0.15) is 0 Å². The van der Waals surface area contributed by atoms with Crippen LogP contribution in [0.15, 0.2) is 12.1 Å². The highest BCUT2D eigenvalue weighted by atomic mass is 35.5. The van der Waals surface area contributed by atoms with E-state index >= 15 is 0 Å². The van der Waals surface area contributed by atoms with Crippen LogP contribution in [0.25, 0.3) is 0 Å². The molecule has 0 aliphatic carbocycles. The Balaban J connectivity index is 2.28. The number of esters is 1. The van der Waals surface area contributed by atoms with Crippen LogP contribution in [0.1, 0.15) is 12.0 Å². The number of aromatic nitrogens is 1. The van der Waals surface area contributed by atoms with Gasteiger partial charge in [0.15, 0.2) is 0 Å². The molecule has 0 atom stereocenters. The molecular weight excluding hydrogens is 293 g/mol. The highest BCUT2D eigenvalue weighted by Gasteiger charge is 2.05. The summed E-state index contributed by atoms with van der Waals surface area (Å²) in [5, 5.41) is 3.20. The fourth-order valence-corrected chi connectivity index (χ4v) is 1.72. The lowest BCUT2D eigenvalue weighted by Crippen LogP contribution is -2.28. The SMILES string of the molecule is NC(=O)CCNCC(=O)OCc1cc(Cl)nc(Cl)c1. The first-order chi connectivity index (χ1) is 8.97. The van der Waals surface area contributed by atoms with Gasteiger partial charge in [0, 0.05) is 13.0 Å². The largest absolute Gasteiger partial charge is 0.460 e. The number of halogens is 2. The van der Waals surface area contributed by atoms with Crippen LogP contribution in [0.4, 0.5) is 0 Å². The van der Waals surface area contributed by atoms with Crippen molar-refractivity contribution in [3.8, 4) is 0 Å². The van der Waals surface area contributed by atoms with Crippen LogP contribution in [-0.4, -0.2) is 29.9 Å². The molecule has 0 aromatic carbocycles. The van der Waals surface area contributed by atoms with Gasteiger partial charge in [-0.15, -0.1) is 0 Å². The molecule has 1 aromatic rings. The van der Waals surface area contributed by atoms with Gasteiger partial charge in [0.05, 0.1) is 6.54 Å². The minimum atomic E-state index is -0.450. The first-order valence-electron chi connectivity index (χ1n) is 5.44. The van der Waals surface area contributed by atoms with Crippen molar-refractivity contribution in [2.75, 3.05) is 13.1 Å². The molecule has 0 saturated carbocycles. The maximum atomic E-state index is 11.3. The lowest BCUT2D eigenvalue weighted by atomic mass is 10.3. The Kier molecular flexibility index (Phi) is 6.55. The smallest absolute Gasteiger partial charge is 0.320 e. The van der Waals surface area contributed by atoms with E-state index in [9.17, 15) is 9.59 Å². The van der Waals surface area contributed by atoms with E-state index < -0.39 is 11.9 Å². The van der Waals surface area contributed by atoms with Gasteiger partial charge in [-0.1, -0.05) is 23.2 Å². The summed E-state index contributed by atoms with van der Waals surface area (Å²) in [5.41, 5.74) is 5.59. The molecular formula is C11H13Cl2N3O3. The Morgan fingerprint density at radius 3 is 2.53 bits per heavy atom. The Morgan fingerprint density at radius 1 is 1.32 bits per heavy atom. The molecule has 19 heavy (non-hydrogen) atoms. The van der Waals surface area contributed by atoms with Crippen molar-refractivity contribution in [2.24, 2.45) is 5.73 Å². The summed E-state index contributed by atoms with van der Waals surface area (Å²) < 4.78 is 4.98. The topological polar surface area (TPSA) is 94.3 Å². The number of pyridine rings is 1. The number of nitrogens with zero attached hydrogens (tertiary/aromatic N) is 1. The average Bonchev–Trinajstić information content (AvgIpc) is 2.31. The molecule has 0 fully saturated rings. The molecule has 1 amide bonds. The van der Waals surface area contributed by atoms with Gasteiger partial charge in [0.1, 0.15) is 16.9 Å². The van der Waals surface area contributed by atoms with Crippen LogP contribution in [-0.2, 0) is 20.9 Å². The second-order valence-electron chi connectivity index (χ2n) is 3.67. The molecule has 0 radical (unpaired) electrons. The normalized spacial score (nSPS) is 10.2. The van der Waals surface area contributed by atoms with E-state index in [-0.39, 0.29) is 29.9 Å². The molecule has 0 aliphatic rings. The lowest BCUT2D eigenvalue weighted by molar-refractivity contribution is -0.143. The number of nitrogens with one attached hydrogen (secondary N) is 1. The van der Waals surface area contributed by atoms with E-state index in [2.05, 4.69) is 10.3 Å². The van der Waals surface area contributed by atoms with Gasteiger partial charge < -0.3 is 15.8 Å². The predicted octanol–water partition coefficient (Wildman–Crippen LogP) is 0.897. The van der Waals surface area contributed by atoms with Crippen LogP contribution in [0.2, 0.25) is 10.3 Å². The van der Waals surface area contributed by atoms with Crippen LogP contribution in [0.5, 0.6) is 0 Å². The Morgan fingerprint density at radius 2 is 1.95 bits per heavy atom. The molecule has 0 unspecified atom stereocenters. The summed E-state index contributed by atoms with van der Waals surface area (Å²) in [6.07, 6.45) is 0.169. The number of nitrogens with two attached hydrogens (primary N) is 1. The van der Waals surface area contributed by atoms with Gasteiger partial charge in [-0.05, 0) is 17.7 Å². The molecule has 0 bridgehead atoms. The van der Waals surface area contributed by atoms with Gasteiger partial charge in [0.2, 0.25) is 5.91 Å². The summed E-state index contributed by atoms with van der Waals surface area (Å²) in [4.78, 5) is 25.6. The number of amides is 1. The zero-order chi connectivity index (χ0) is 14.3. The number of hydrogen-bond acceptors (Lipinski definition) is 5. The zero-order valence-electron chi connectivity index (χ0n) is 9.99. The Hall–Kier alpha value is -1.37. The zero-order valence-corrected chi connectivity index (χ0v) is 11.5. The van der Waals surface area contributed by atoms with E-state index in [1.54, 1.807) is 12.1 Å². The van der Waals surface area contributed by atoms with Gasteiger partial charge in [0.25, 0.3) is 0 Å². The number of rotatable bonds is 7. The summed E-state index contributed by atoms with van der Waals surface area (Å²) >= 11 is 11.4. The molecule has 1 heterocycles. The van der Waals surface area contributed by atoms with Crippen LogP contribution in [0.3, 0.4) is 0 Å². The van der Waals surface area contributed by atoms with E-state index in [4.69, 9.17) is 33.7 Å². The molecule has 0 aliphatic heterocycles. The molecule has 3 N–H and O–H groups in total. The molecule has 104 valence electrons. The highest BCUT2D eigenvalue weighted by molar-refractivity contribution is 6.32. The molecule has 6 nitrogen and oxygen atoms in total. The standard InChI is InChI=1S/C11H13Cl2N3O3/c12-8-3-7(4-9(13)16-8)6-19-11(18)5-15-2-1-10(14)17/h3-4,15H,1-2,5-6H2,(H2,14,17). The Labute approximate surface area is 120 Å². The van der Waals surface area contributed by atoms with E-state index in [0.29, 0.717) is 12.1 Å². The fourth-order valence-electron chi connectivity index (χ4n) is 1.21. The number of carbonyl (C=O) groups is 2. The average molecular weight is 306 g/mol. The molecule has 1 rings (SSSR count). The predicted molar refractivity (Wildman–Crippen MR) is 70.7 cm³/mol. The van der Waals surface area contributed by atoms with Gasteiger partial charge in [-0.25, -0.2) is 4.98 Å². The highest BCUT2D eigenvalue weighted by Crippen LogP contribution is 2.15. The Bertz CT molecular complexity index is 448. The van der Waals surface area contributed by atoms with Crippen LogP contribution in [0, 0.1) is 0 Å². The summed E-state index contributed by atoms with van der Waals surface area (Å²) in [6, 6.07) is 3.11. The number of primary amides is 1. The van der Waals surface area contributed by atoms with Crippen molar-refractivity contribution in [3.05, 3.63) is 28.0 Å². The maximum absolute atomic E-state index is 11.3. The summed E-state index contributed by atoms with van der Waals surface area (Å²) in [6.45, 7) is 0.384. The van der Waals surface area contributed by atoms with Crippen molar-refractivity contribution in [1.29, 1.82) is 0 Å². The number of ether oxygens (including phenoxy) is 1. The third-order valence-electron chi connectivity index (χ3n) is 2.04. The summed E-state index contributed by atoms with van der Waals surface area (Å²) in [7, 11) is 0. The minimum absolute atomic E-state index is 0.000171. The fraction of sp³-hybridized carbons (Fsp3) is 0.364. The molecule has 0 spiro atoms. The maximum Gasteiger partial charge on any atom is 0.320 e. The van der Waals surface area contributed by atoms with Crippen molar-refractivity contribution < 1.29 is 14.3 Å². The van der Waals surface area contributed by atoms with E-state index in [1.807, 2.05) is 0 Å². The third-order valence-corrected chi connectivity index (χ3v) is 2.43. The minimum Gasteiger partial charge on any atom is -0.460 e. The van der Waals surface area contributed by atoms with Crippen molar-refractivity contribution >= 4 is 35.1 Å². The monoisotopic (exact) mass is 305 g/mol. The second kappa shape index (κ2) is 7.93. The third kappa shape index (κ3) is 6.95. The second-order valence-corrected chi connectivity index (χ2v) is 4.45. The van der Waals surface area contributed by atoms with Crippen molar-refractivity contribution in [3.63, 3.8) is 0 Å². The lowest BCUT2D eigenvalue weighted by Gasteiger charge is -2.06. The molecule has 0 saturated heterocycles. The van der Waals surface area contributed by atoms with Crippen molar-refractivity contribution in [1.82, 2.24) is 10.3 Å². The van der Waals surface area contributed by atoms with E-state index in [0.717, 1.165) is 0 Å². The van der Waals surface area contributed by atoms with Gasteiger partial charge in [-0.3, -0.25) is 9.59 Å². The van der Waals surface area contributed by atoms with Gasteiger partial charge >= 0.3 is 5.97 Å². The van der Waals surface area contributed by atoms with E-state index in [1.165, 1.54) is 0 Å². The number of carbonyl (C=O) groups excluding carboxylic acids is 2. The van der Waals surface area contributed by atoms with Crippen LogP contribution >= 0.6 is 23.2 Å². The molecule has 8 heteroatoms. The first kappa shape index (κ1) is 15.7. The summed E-state index contributed by atoms with van der Waals surface area (Å²) in [5.74, 6) is -0.879. The van der Waals surface area contributed by atoms with Crippen LogP contribution < -0.4 is 11.1 Å².